The van der Waals surface area contributed by atoms with Crippen molar-refractivity contribution in [3.05, 3.63) is 41.7 Å². The summed E-state index contributed by atoms with van der Waals surface area (Å²) in [6.45, 7) is 5.14. The molecule has 0 spiro atoms. The normalized spacial score (nSPS) is 13.4. The molecular weight excluding hydrogens is 322 g/mol. The number of anilines is 2. The molecular formula is C18H17N3O4. The van der Waals surface area contributed by atoms with Gasteiger partial charge < -0.3 is 18.9 Å². The van der Waals surface area contributed by atoms with Gasteiger partial charge in [0.15, 0.2) is 17.2 Å². The van der Waals surface area contributed by atoms with Crippen molar-refractivity contribution in [2.75, 3.05) is 24.7 Å². The Labute approximate surface area is 144 Å². The van der Waals surface area contributed by atoms with Crippen LogP contribution in [-0.2, 0) is 4.74 Å². The maximum atomic E-state index is 11.9. The van der Waals surface area contributed by atoms with Crippen LogP contribution in [0.3, 0.4) is 0 Å². The van der Waals surface area contributed by atoms with Crippen LogP contribution in [0.4, 0.5) is 11.5 Å². The van der Waals surface area contributed by atoms with Crippen molar-refractivity contribution in [3.8, 4) is 5.75 Å². The van der Waals surface area contributed by atoms with Crippen LogP contribution >= 0.6 is 0 Å². The van der Waals surface area contributed by atoms with E-state index in [9.17, 15) is 4.79 Å². The van der Waals surface area contributed by atoms with Crippen LogP contribution in [0.25, 0.3) is 11.0 Å². The fourth-order valence-electron chi connectivity index (χ4n) is 2.90. The third kappa shape index (κ3) is 2.67. The highest BCUT2D eigenvalue weighted by Gasteiger charge is 2.23. The Balaban J connectivity index is 1.71. The lowest BCUT2D eigenvalue weighted by molar-refractivity contribution is 0.0525. The average Bonchev–Trinajstić information content (AvgIpc) is 3.01. The highest BCUT2D eigenvalue weighted by Crippen LogP contribution is 2.36. The lowest BCUT2D eigenvalue weighted by Gasteiger charge is -2.30. The molecule has 2 aromatic heterocycles. The standard InChI is InChI=1S/C18H17N3O4/c1-3-23-18(22)12-8-16-17(19-10-12)21(6-7-24-16)13-4-5-14-11(2)20-25-15(14)9-13/h4-5,8-10H,3,6-7H2,1-2H3. The molecule has 0 saturated carbocycles. The van der Waals surface area contributed by atoms with Crippen LogP contribution in [0.5, 0.6) is 5.75 Å². The van der Waals surface area contributed by atoms with Gasteiger partial charge in [0.25, 0.3) is 0 Å². The molecule has 1 aromatic carbocycles. The molecule has 7 nitrogen and oxygen atoms in total. The molecule has 3 aromatic rings. The molecule has 0 radical (unpaired) electrons. The molecule has 1 aliphatic rings. The second-order valence-electron chi connectivity index (χ2n) is 5.71. The smallest absolute Gasteiger partial charge is 0.339 e. The van der Waals surface area contributed by atoms with E-state index in [-0.39, 0.29) is 0 Å². The Morgan fingerprint density at radius 1 is 1.36 bits per heavy atom. The Bertz CT molecular complexity index is 951. The van der Waals surface area contributed by atoms with Crippen molar-refractivity contribution in [2.45, 2.75) is 13.8 Å². The molecule has 4 rings (SSSR count). The summed E-state index contributed by atoms with van der Waals surface area (Å²) in [6, 6.07) is 7.59. The first-order valence-corrected chi connectivity index (χ1v) is 8.11. The number of esters is 1. The zero-order valence-corrected chi connectivity index (χ0v) is 14.0. The van der Waals surface area contributed by atoms with Gasteiger partial charge in [-0.15, -0.1) is 0 Å². The van der Waals surface area contributed by atoms with Gasteiger partial charge in [-0.3, -0.25) is 0 Å². The van der Waals surface area contributed by atoms with Gasteiger partial charge in [0.05, 0.1) is 24.4 Å². The van der Waals surface area contributed by atoms with Gasteiger partial charge in [-0.2, -0.15) is 0 Å². The number of carbonyl (C=O) groups excluding carboxylic acids is 1. The molecule has 0 unspecified atom stereocenters. The first-order valence-electron chi connectivity index (χ1n) is 8.11. The summed E-state index contributed by atoms with van der Waals surface area (Å²) in [6.07, 6.45) is 1.51. The van der Waals surface area contributed by atoms with Crippen molar-refractivity contribution >= 4 is 28.4 Å². The lowest BCUT2D eigenvalue weighted by atomic mass is 10.1. The van der Waals surface area contributed by atoms with E-state index in [4.69, 9.17) is 14.0 Å². The predicted molar refractivity (Wildman–Crippen MR) is 91.4 cm³/mol. The molecule has 0 N–H and O–H groups in total. The van der Waals surface area contributed by atoms with E-state index >= 15 is 0 Å². The number of nitrogens with zero attached hydrogens (tertiary/aromatic N) is 3. The lowest BCUT2D eigenvalue weighted by Crippen LogP contribution is -2.29. The van der Waals surface area contributed by atoms with E-state index in [0.717, 1.165) is 22.4 Å². The third-order valence-electron chi connectivity index (χ3n) is 4.12. The number of rotatable bonds is 3. The zero-order valence-electron chi connectivity index (χ0n) is 14.0. The molecule has 25 heavy (non-hydrogen) atoms. The second kappa shape index (κ2) is 6.08. The largest absolute Gasteiger partial charge is 0.488 e. The van der Waals surface area contributed by atoms with Crippen LogP contribution < -0.4 is 9.64 Å². The minimum Gasteiger partial charge on any atom is -0.488 e. The number of carbonyl (C=O) groups is 1. The Morgan fingerprint density at radius 2 is 2.24 bits per heavy atom. The summed E-state index contributed by atoms with van der Waals surface area (Å²) in [5.41, 5.74) is 2.90. The SMILES string of the molecule is CCOC(=O)c1cnc2c(c1)OCCN2c1ccc2c(C)noc2c1. The maximum Gasteiger partial charge on any atom is 0.339 e. The number of hydrogen-bond acceptors (Lipinski definition) is 7. The van der Waals surface area contributed by atoms with Crippen LogP contribution in [0, 0.1) is 6.92 Å². The number of ether oxygens (including phenoxy) is 2. The average molecular weight is 339 g/mol. The van der Waals surface area contributed by atoms with Crippen molar-refractivity contribution in [3.63, 3.8) is 0 Å². The molecule has 1 aliphatic heterocycles. The van der Waals surface area contributed by atoms with Gasteiger partial charge >= 0.3 is 5.97 Å². The van der Waals surface area contributed by atoms with Crippen molar-refractivity contribution in [2.24, 2.45) is 0 Å². The second-order valence-corrected chi connectivity index (χ2v) is 5.71. The van der Waals surface area contributed by atoms with Gasteiger partial charge in [-0.25, -0.2) is 9.78 Å². The highest BCUT2D eigenvalue weighted by atomic mass is 16.5. The van der Waals surface area contributed by atoms with E-state index in [1.165, 1.54) is 6.20 Å². The van der Waals surface area contributed by atoms with Crippen LogP contribution in [0.2, 0.25) is 0 Å². The van der Waals surface area contributed by atoms with Gasteiger partial charge in [0.2, 0.25) is 0 Å². The summed E-state index contributed by atoms with van der Waals surface area (Å²) < 4.78 is 16.1. The third-order valence-corrected chi connectivity index (χ3v) is 4.12. The molecule has 0 fully saturated rings. The Kier molecular flexibility index (Phi) is 3.76. The van der Waals surface area contributed by atoms with Crippen molar-refractivity contribution in [1.82, 2.24) is 10.1 Å². The van der Waals surface area contributed by atoms with Crippen molar-refractivity contribution in [1.29, 1.82) is 0 Å². The Morgan fingerprint density at radius 3 is 3.08 bits per heavy atom. The van der Waals surface area contributed by atoms with Gasteiger partial charge in [0.1, 0.15) is 6.61 Å². The van der Waals surface area contributed by atoms with E-state index < -0.39 is 5.97 Å². The first kappa shape index (κ1) is 15.4. The fourth-order valence-corrected chi connectivity index (χ4v) is 2.90. The number of aryl methyl sites for hydroxylation is 1. The van der Waals surface area contributed by atoms with E-state index in [1.54, 1.807) is 13.0 Å². The maximum absolute atomic E-state index is 11.9. The molecule has 0 aliphatic carbocycles. The zero-order chi connectivity index (χ0) is 17.4. The van der Waals surface area contributed by atoms with Crippen molar-refractivity contribution < 1.29 is 18.8 Å². The Hall–Kier alpha value is -3.09. The molecule has 128 valence electrons. The predicted octanol–water partition coefficient (Wildman–Crippen LogP) is 3.24. The van der Waals surface area contributed by atoms with Gasteiger partial charge in [-0.1, -0.05) is 5.16 Å². The van der Waals surface area contributed by atoms with E-state index in [2.05, 4.69) is 10.1 Å². The highest BCUT2D eigenvalue weighted by molar-refractivity contribution is 5.90. The van der Waals surface area contributed by atoms with E-state index in [1.807, 2.05) is 30.0 Å². The number of benzene rings is 1. The summed E-state index contributed by atoms with van der Waals surface area (Å²) in [4.78, 5) is 18.3. The number of aromatic nitrogens is 2. The molecule has 7 heteroatoms. The molecule has 0 amide bonds. The minimum absolute atomic E-state index is 0.319. The van der Waals surface area contributed by atoms with Crippen LogP contribution in [0.1, 0.15) is 23.0 Å². The quantitative estimate of drug-likeness (QED) is 0.678. The summed E-state index contributed by atoms with van der Waals surface area (Å²) in [7, 11) is 0. The minimum atomic E-state index is -0.405. The molecule has 0 saturated heterocycles. The number of fused-ring (bicyclic) bond motifs is 2. The monoisotopic (exact) mass is 339 g/mol. The molecule has 3 heterocycles. The summed E-state index contributed by atoms with van der Waals surface area (Å²) in [5.74, 6) is 0.817. The first-order chi connectivity index (χ1) is 12.2. The van der Waals surface area contributed by atoms with Gasteiger partial charge in [0, 0.05) is 29.4 Å². The van der Waals surface area contributed by atoms with Gasteiger partial charge in [-0.05, 0) is 26.0 Å². The number of hydrogen-bond donors (Lipinski definition) is 0. The topological polar surface area (TPSA) is 77.7 Å². The summed E-state index contributed by atoms with van der Waals surface area (Å²) >= 11 is 0. The summed E-state index contributed by atoms with van der Waals surface area (Å²) in [5, 5.41) is 4.98. The van der Waals surface area contributed by atoms with Crippen LogP contribution in [0.15, 0.2) is 35.0 Å². The van der Waals surface area contributed by atoms with Crippen LogP contribution in [-0.4, -0.2) is 35.9 Å². The number of pyridine rings is 1. The molecule has 0 atom stereocenters. The molecule has 0 bridgehead atoms. The fraction of sp³-hybridized carbons (Fsp3) is 0.278. The van der Waals surface area contributed by atoms with E-state index in [0.29, 0.717) is 36.9 Å².